The highest BCUT2D eigenvalue weighted by Crippen LogP contribution is 2.26. The first-order valence-electron chi connectivity index (χ1n) is 4.28. The number of hydrogen-bond acceptors (Lipinski definition) is 0. The molecule has 0 N–H and O–H groups in total. The minimum atomic E-state index is 1.02. The lowest BCUT2D eigenvalue weighted by Gasteiger charge is -1.95. The first-order chi connectivity index (χ1) is 5.90. The molecule has 0 heteroatoms. The Hall–Kier alpha value is -1.30. The number of hydrogen-bond donors (Lipinski definition) is 0. The van der Waals surface area contributed by atoms with Crippen LogP contribution in [0.3, 0.4) is 0 Å². The molecule has 60 valence electrons. The first kappa shape index (κ1) is 7.35. The molecular formula is C12H12. The average Bonchev–Trinajstić information content (AvgIpc) is 2.47. The van der Waals surface area contributed by atoms with Crippen molar-refractivity contribution in [3.8, 4) is 0 Å². The minimum absolute atomic E-state index is 1.02. The summed E-state index contributed by atoms with van der Waals surface area (Å²) in [6.45, 7) is 3.75. The number of fused-ring (bicyclic) bond motifs is 1. The van der Waals surface area contributed by atoms with E-state index in [9.17, 15) is 0 Å². The van der Waals surface area contributed by atoms with E-state index in [1.54, 1.807) is 0 Å². The Balaban J connectivity index is 2.28. The number of rotatable bonds is 2. The zero-order valence-electron chi connectivity index (χ0n) is 7.09. The lowest BCUT2D eigenvalue weighted by Crippen LogP contribution is -1.82. The van der Waals surface area contributed by atoms with Gasteiger partial charge in [0.25, 0.3) is 0 Å². The second-order valence-electron chi connectivity index (χ2n) is 3.17. The molecule has 0 nitrogen and oxygen atoms in total. The topological polar surface area (TPSA) is 0 Å². The van der Waals surface area contributed by atoms with Gasteiger partial charge in [0.2, 0.25) is 0 Å². The third kappa shape index (κ3) is 1.20. The number of benzene rings is 1. The van der Waals surface area contributed by atoms with Crippen molar-refractivity contribution in [3.05, 3.63) is 53.6 Å². The summed E-state index contributed by atoms with van der Waals surface area (Å²) < 4.78 is 0. The summed E-state index contributed by atoms with van der Waals surface area (Å²) in [5.74, 6) is 0. The van der Waals surface area contributed by atoms with Gasteiger partial charge in [-0.1, -0.05) is 42.0 Å². The van der Waals surface area contributed by atoms with Gasteiger partial charge in [-0.05, 0) is 24.0 Å². The largest absolute Gasteiger partial charge is 0.103 e. The lowest BCUT2D eigenvalue weighted by atomic mass is 10.1. The molecule has 0 fully saturated rings. The Morgan fingerprint density at radius 1 is 1.33 bits per heavy atom. The van der Waals surface area contributed by atoms with Gasteiger partial charge in [0, 0.05) is 0 Å². The normalized spacial score (nSPS) is 13.8. The van der Waals surface area contributed by atoms with Gasteiger partial charge in [0.15, 0.2) is 0 Å². The van der Waals surface area contributed by atoms with Gasteiger partial charge in [-0.15, -0.1) is 6.58 Å². The van der Waals surface area contributed by atoms with Crippen molar-refractivity contribution in [2.24, 2.45) is 0 Å². The average molecular weight is 156 g/mol. The van der Waals surface area contributed by atoms with Gasteiger partial charge in [-0.25, -0.2) is 0 Å². The van der Waals surface area contributed by atoms with E-state index in [-0.39, 0.29) is 0 Å². The summed E-state index contributed by atoms with van der Waals surface area (Å²) in [7, 11) is 0. The highest BCUT2D eigenvalue weighted by molar-refractivity contribution is 5.63. The summed E-state index contributed by atoms with van der Waals surface area (Å²) in [5, 5.41) is 0. The minimum Gasteiger partial charge on any atom is -0.103 e. The van der Waals surface area contributed by atoms with Crippen LogP contribution in [0, 0.1) is 0 Å². The van der Waals surface area contributed by atoms with Crippen LogP contribution < -0.4 is 0 Å². The standard InChI is InChI=1S/C12H12/c1-2-5-10-8-11-6-3-4-7-12(11)9-10/h2-4,6-8H,1,5,9H2. The summed E-state index contributed by atoms with van der Waals surface area (Å²) in [4.78, 5) is 0. The Kier molecular flexibility index (Phi) is 1.83. The third-order valence-corrected chi connectivity index (χ3v) is 2.24. The van der Waals surface area contributed by atoms with Crippen molar-refractivity contribution in [3.63, 3.8) is 0 Å². The molecule has 0 heterocycles. The van der Waals surface area contributed by atoms with Gasteiger partial charge in [0.1, 0.15) is 0 Å². The molecular weight excluding hydrogens is 144 g/mol. The molecule has 1 aromatic rings. The van der Waals surface area contributed by atoms with E-state index in [0.29, 0.717) is 0 Å². The van der Waals surface area contributed by atoms with E-state index in [0.717, 1.165) is 12.8 Å². The fourth-order valence-corrected chi connectivity index (χ4v) is 1.67. The molecule has 0 unspecified atom stereocenters. The SMILES string of the molecule is C=CCC1=Cc2ccccc2C1. The van der Waals surface area contributed by atoms with Crippen LogP contribution in [0.4, 0.5) is 0 Å². The van der Waals surface area contributed by atoms with Crippen LogP contribution in [0.5, 0.6) is 0 Å². The molecule has 2 rings (SSSR count). The smallest absolute Gasteiger partial charge is 0.00547 e. The maximum absolute atomic E-state index is 3.75. The van der Waals surface area contributed by atoms with Crippen molar-refractivity contribution in [1.29, 1.82) is 0 Å². The molecule has 12 heavy (non-hydrogen) atoms. The van der Waals surface area contributed by atoms with Gasteiger partial charge in [-0.3, -0.25) is 0 Å². The summed E-state index contributed by atoms with van der Waals surface area (Å²) in [5.41, 5.74) is 4.31. The van der Waals surface area contributed by atoms with Gasteiger partial charge in [-0.2, -0.15) is 0 Å². The first-order valence-corrected chi connectivity index (χ1v) is 4.28. The molecule has 0 aromatic heterocycles. The molecule has 0 radical (unpaired) electrons. The van der Waals surface area contributed by atoms with Gasteiger partial charge in [0.05, 0.1) is 0 Å². The molecule has 0 aliphatic heterocycles. The predicted octanol–water partition coefficient (Wildman–Crippen LogP) is 3.20. The molecule has 0 bridgehead atoms. The third-order valence-electron chi connectivity index (χ3n) is 2.24. The van der Waals surface area contributed by atoms with Crippen molar-refractivity contribution >= 4 is 6.08 Å². The second kappa shape index (κ2) is 2.98. The van der Waals surface area contributed by atoms with Crippen molar-refractivity contribution in [1.82, 2.24) is 0 Å². The van der Waals surface area contributed by atoms with E-state index in [1.807, 2.05) is 6.08 Å². The van der Waals surface area contributed by atoms with E-state index >= 15 is 0 Å². The second-order valence-corrected chi connectivity index (χ2v) is 3.17. The summed E-state index contributed by atoms with van der Waals surface area (Å²) in [6.07, 6.45) is 6.38. The maximum Gasteiger partial charge on any atom is -0.00547 e. The van der Waals surface area contributed by atoms with E-state index in [2.05, 4.69) is 36.9 Å². The predicted molar refractivity (Wildman–Crippen MR) is 52.9 cm³/mol. The van der Waals surface area contributed by atoms with Crippen molar-refractivity contribution < 1.29 is 0 Å². The van der Waals surface area contributed by atoms with Crippen LogP contribution >= 0.6 is 0 Å². The highest BCUT2D eigenvalue weighted by Gasteiger charge is 2.09. The van der Waals surface area contributed by atoms with Gasteiger partial charge < -0.3 is 0 Å². The zero-order valence-corrected chi connectivity index (χ0v) is 7.09. The Morgan fingerprint density at radius 2 is 2.17 bits per heavy atom. The van der Waals surface area contributed by atoms with Crippen molar-refractivity contribution in [2.45, 2.75) is 12.8 Å². The Labute approximate surface area is 73.2 Å². The Bertz CT molecular complexity index is 332. The molecule has 0 saturated carbocycles. The lowest BCUT2D eigenvalue weighted by molar-refractivity contribution is 1.11. The summed E-state index contributed by atoms with van der Waals surface area (Å²) >= 11 is 0. The molecule has 1 aromatic carbocycles. The van der Waals surface area contributed by atoms with Crippen LogP contribution in [-0.4, -0.2) is 0 Å². The highest BCUT2D eigenvalue weighted by atomic mass is 14.1. The fourth-order valence-electron chi connectivity index (χ4n) is 1.67. The monoisotopic (exact) mass is 156 g/mol. The van der Waals surface area contributed by atoms with Gasteiger partial charge >= 0.3 is 0 Å². The zero-order chi connectivity index (χ0) is 8.39. The molecule has 0 spiro atoms. The van der Waals surface area contributed by atoms with Crippen LogP contribution in [0.2, 0.25) is 0 Å². The molecule has 0 saturated heterocycles. The molecule has 1 aliphatic rings. The van der Waals surface area contributed by atoms with E-state index in [1.165, 1.54) is 16.7 Å². The maximum atomic E-state index is 3.75. The molecule has 1 aliphatic carbocycles. The van der Waals surface area contributed by atoms with Crippen molar-refractivity contribution in [2.75, 3.05) is 0 Å². The fraction of sp³-hybridized carbons (Fsp3) is 0.167. The quantitative estimate of drug-likeness (QED) is 0.577. The summed E-state index contributed by atoms with van der Waals surface area (Å²) in [6, 6.07) is 8.56. The molecule has 0 atom stereocenters. The van der Waals surface area contributed by atoms with E-state index < -0.39 is 0 Å². The van der Waals surface area contributed by atoms with Crippen LogP contribution in [0.1, 0.15) is 17.5 Å². The van der Waals surface area contributed by atoms with E-state index in [4.69, 9.17) is 0 Å². The Morgan fingerprint density at radius 3 is 2.92 bits per heavy atom. The van der Waals surface area contributed by atoms with Crippen LogP contribution in [0.15, 0.2) is 42.5 Å². The van der Waals surface area contributed by atoms with Crippen LogP contribution in [-0.2, 0) is 6.42 Å². The molecule has 0 amide bonds. The number of allylic oxidation sites excluding steroid dienone is 2. The van der Waals surface area contributed by atoms with Crippen LogP contribution in [0.25, 0.3) is 6.08 Å².